The maximum absolute atomic E-state index is 12.9. The molecule has 0 radical (unpaired) electrons. The van der Waals surface area contributed by atoms with E-state index in [0.717, 1.165) is 19.4 Å². The van der Waals surface area contributed by atoms with Gasteiger partial charge in [-0.1, -0.05) is 0 Å². The molecule has 2 aliphatic rings. The van der Waals surface area contributed by atoms with E-state index in [1.807, 2.05) is 6.92 Å². The van der Waals surface area contributed by atoms with Crippen LogP contribution in [-0.2, 0) is 19.5 Å². The Hall–Kier alpha value is -1.88. The fourth-order valence-electron chi connectivity index (χ4n) is 3.23. The number of morpholine rings is 1. The number of benzene rings is 1. The first-order chi connectivity index (χ1) is 13.5. The highest BCUT2D eigenvalue weighted by molar-refractivity contribution is 7.89. The van der Waals surface area contributed by atoms with Gasteiger partial charge < -0.3 is 25.4 Å². The predicted octanol–water partition coefficient (Wildman–Crippen LogP) is 1.44. The summed E-state index contributed by atoms with van der Waals surface area (Å²) in [7, 11) is -3.65. The predicted molar refractivity (Wildman–Crippen MR) is 106 cm³/mol. The molecule has 1 aromatic carbocycles. The third-order valence-electron chi connectivity index (χ3n) is 4.73. The van der Waals surface area contributed by atoms with Gasteiger partial charge in [-0.2, -0.15) is 4.31 Å². The standard InChI is InChI=1S/C18H28N4O5S/c1-2-19-18(23)21-17-12-15(28(24,25)22-7-10-26-11-8-22)5-6-16(17)20-13-14-4-3-9-27-14/h5-6,12,14,20H,2-4,7-11,13H2,1H3,(H2,19,21,23). The zero-order valence-electron chi connectivity index (χ0n) is 16.1. The molecule has 0 aromatic heterocycles. The molecule has 2 amide bonds. The number of sulfonamides is 1. The van der Waals surface area contributed by atoms with Crippen molar-refractivity contribution in [2.24, 2.45) is 0 Å². The van der Waals surface area contributed by atoms with Crippen LogP contribution in [0.5, 0.6) is 0 Å². The van der Waals surface area contributed by atoms with E-state index in [0.29, 0.717) is 50.8 Å². The van der Waals surface area contributed by atoms with Gasteiger partial charge in [0.1, 0.15) is 0 Å². The van der Waals surface area contributed by atoms with E-state index >= 15 is 0 Å². The number of hydrogen-bond acceptors (Lipinski definition) is 6. The second-order valence-corrected chi connectivity index (χ2v) is 8.66. The van der Waals surface area contributed by atoms with Crippen LogP contribution in [0.25, 0.3) is 0 Å². The van der Waals surface area contributed by atoms with Gasteiger partial charge in [0.15, 0.2) is 0 Å². The van der Waals surface area contributed by atoms with E-state index < -0.39 is 10.0 Å². The number of carbonyl (C=O) groups is 1. The molecule has 0 bridgehead atoms. The summed E-state index contributed by atoms with van der Waals surface area (Å²) in [5.74, 6) is 0. The van der Waals surface area contributed by atoms with Crippen molar-refractivity contribution in [2.75, 3.05) is 56.6 Å². The third kappa shape index (κ3) is 5.13. The van der Waals surface area contributed by atoms with Crippen molar-refractivity contribution < 1.29 is 22.7 Å². The van der Waals surface area contributed by atoms with Gasteiger partial charge in [-0.15, -0.1) is 0 Å². The van der Waals surface area contributed by atoms with Gasteiger partial charge >= 0.3 is 6.03 Å². The highest BCUT2D eigenvalue weighted by Gasteiger charge is 2.27. The van der Waals surface area contributed by atoms with Gasteiger partial charge in [-0.05, 0) is 38.0 Å². The van der Waals surface area contributed by atoms with Crippen molar-refractivity contribution in [3.8, 4) is 0 Å². The maximum Gasteiger partial charge on any atom is 0.319 e. The number of anilines is 2. The minimum absolute atomic E-state index is 0.120. The van der Waals surface area contributed by atoms with Gasteiger partial charge in [0, 0.05) is 32.8 Å². The van der Waals surface area contributed by atoms with Crippen molar-refractivity contribution in [1.82, 2.24) is 9.62 Å². The smallest absolute Gasteiger partial charge is 0.319 e. The lowest BCUT2D eigenvalue weighted by molar-refractivity contribution is 0.0730. The summed E-state index contributed by atoms with van der Waals surface area (Å²) in [5.41, 5.74) is 1.07. The summed E-state index contributed by atoms with van der Waals surface area (Å²) in [6.07, 6.45) is 2.14. The van der Waals surface area contributed by atoms with Crippen LogP contribution in [0.1, 0.15) is 19.8 Å². The summed E-state index contributed by atoms with van der Waals surface area (Å²) in [4.78, 5) is 12.2. The Balaban J connectivity index is 1.82. The van der Waals surface area contributed by atoms with Crippen LogP contribution in [0.3, 0.4) is 0 Å². The van der Waals surface area contributed by atoms with Crippen LogP contribution in [0, 0.1) is 0 Å². The van der Waals surface area contributed by atoms with Crippen LogP contribution in [-0.4, -0.2) is 70.9 Å². The quantitative estimate of drug-likeness (QED) is 0.625. The Morgan fingerprint density at radius 2 is 2.00 bits per heavy atom. The number of carbonyl (C=O) groups excluding carboxylic acids is 1. The molecule has 10 heteroatoms. The fraction of sp³-hybridized carbons (Fsp3) is 0.611. The van der Waals surface area contributed by atoms with E-state index in [9.17, 15) is 13.2 Å². The van der Waals surface area contributed by atoms with Crippen molar-refractivity contribution in [2.45, 2.75) is 30.8 Å². The largest absolute Gasteiger partial charge is 0.381 e. The van der Waals surface area contributed by atoms with Crippen LogP contribution in [0.4, 0.5) is 16.2 Å². The third-order valence-corrected chi connectivity index (χ3v) is 6.62. The molecule has 2 aliphatic heterocycles. The molecular formula is C18H28N4O5S. The molecular weight excluding hydrogens is 384 g/mol. The van der Waals surface area contributed by atoms with Gasteiger partial charge in [-0.3, -0.25) is 0 Å². The summed E-state index contributed by atoms with van der Waals surface area (Å²) < 4.78 is 38.1. The molecule has 0 saturated carbocycles. The number of urea groups is 1. The van der Waals surface area contributed by atoms with Crippen LogP contribution in [0.2, 0.25) is 0 Å². The molecule has 2 saturated heterocycles. The number of ether oxygens (including phenoxy) is 2. The molecule has 0 spiro atoms. The number of nitrogens with zero attached hydrogens (tertiary/aromatic N) is 1. The number of amides is 2. The Morgan fingerprint density at radius 3 is 2.68 bits per heavy atom. The van der Waals surface area contributed by atoms with Crippen LogP contribution >= 0.6 is 0 Å². The van der Waals surface area contributed by atoms with Gasteiger partial charge in [0.2, 0.25) is 10.0 Å². The number of nitrogens with one attached hydrogen (secondary N) is 3. The first-order valence-electron chi connectivity index (χ1n) is 9.63. The second-order valence-electron chi connectivity index (χ2n) is 6.72. The summed E-state index contributed by atoms with van der Waals surface area (Å²) in [5, 5.41) is 8.67. The lowest BCUT2D eigenvalue weighted by Crippen LogP contribution is -2.40. The Labute approximate surface area is 165 Å². The SMILES string of the molecule is CCNC(=O)Nc1cc(S(=O)(=O)N2CCOCC2)ccc1NCC1CCCO1. The normalized spacial score (nSPS) is 20.7. The minimum atomic E-state index is -3.65. The van der Waals surface area contributed by atoms with Crippen molar-refractivity contribution in [3.63, 3.8) is 0 Å². The van der Waals surface area contributed by atoms with Gasteiger partial charge in [0.25, 0.3) is 0 Å². The molecule has 1 aromatic rings. The van der Waals surface area contributed by atoms with Crippen molar-refractivity contribution in [3.05, 3.63) is 18.2 Å². The van der Waals surface area contributed by atoms with E-state index in [2.05, 4.69) is 16.0 Å². The maximum atomic E-state index is 12.9. The van der Waals surface area contributed by atoms with Crippen molar-refractivity contribution in [1.29, 1.82) is 0 Å². The monoisotopic (exact) mass is 412 g/mol. The zero-order valence-corrected chi connectivity index (χ0v) is 16.9. The Morgan fingerprint density at radius 1 is 1.21 bits per heavy atom. The molecule has 3 rings (SSSR count). The molecule has 0 aliphatic carbocycles. The average molecular weight is 413 g/mol. The zero-order chi connectivity index (χ0) is 20.0. The Bertz CT molecular complexity index is 774. The van der Waals surface area contributed by atoms with E-state index in [1.54, 1.807) is 12.1 Å². The first-order valence-corrected chi connectivity index (χ1v) is 11.1. The van der Waals surface area contributed by atoms with Gasteiger partial charge in [-0.25, -0.2) is 13.2 Å². The lowest BCUT2D eigenvalue weighted by Gasteiger charge is -2.26. The molecule has 1 atom stereocenters. The number of hydrogen-bond donors (Lipinski definition) is 3. The molecule has 2 heterocycles. The fourth-order valence-corrected chi connectivity index (χ4v) is 4.67. The average Bonchev–Trinajstić information content (AvgIpc) is 3.21. The lowest BCUT2D eigenvalue weighted by atomic mass is 10.2. The second kappa shape index (κ2) is 9.55. The van der Waals surface area contributed by atoms with Crippen LogP contribution in [0.15, 0.2) is 23.1 Å². The minimum Gasteiger partial charge on any atom is -0.381 e. The number of rotatable bonds is 7. The molecule has 3 N–H and O–H groups in total. The molecule has 2 fully saturated rings. The topological polar surface area (TPSA) is 109 Å². The van der Waals surface area contributed by atoms with E-state index in [-0.39, 0.29) is 17.0 Å². The van der Waals surface area contributed by atoms with Gasteiger partial charge in [0.05, 0.1) is 35.6 Å². The first kappa shape index (κ1) is 20.8. The highest BCUT2D eigenvalue weighted by Crippen LogP contribution is 2.28. The van der Waals surface area contributed by atoms with E-state index in [1.165, 1.54) is 10.4 Å². The summed E-state index contributed by atoms with van der Waals surface area (Å²) in [6.45, 7) is 5.04. The summed E-state index contributed by atoms with van der Waals surface area (Å²) >= 11 is 0. The molecule has 28 heavy (non-hydrogen) atoms. The van der Waals surface area contributed by atoms with Crippen LogP contribution < -0.4 is 16.0 Å². The Kier molecular flexibility index (Phi) is 7.11. The summed E-state index contributed by atoms with van der Waals surface area (Å²) in [6, 6.07) is 4.36. The molecule has 1 unspecified atom stereocenters. The highest BCUT2D eigenvalue weighted by atomic mass is 32.2. The van der Waals surface area contributed by atoms with E-state index in [4.69, 9.17) is 9.47 Å². The molecule has 9 nitrogen and oxygen atoms in total. The molecule has 156 valence electrons. The van der Waals surface area contributed by atoms with Crippen molar-refractivity contribution >= 4 is 27.4 Å².